The van der Waals surface area contributed by atoms with Gasteiger partial charge in [0, 0.05) is 12.6 Å². The number of nitrogens with one attached hydrogen (secondary N) is 1. The number of anilines is 1. The highest BCUT2D eigenvalue weighted by Gasteiger charge is 2.09. The van der Waals surface area contributed by atoms with Crippen LogP contribution in [-0.4, -0.2) is 10.9 Å². The summed E-state index contributed by atoms with van der Waals surface area (Å²) in [6.45, 7) is 4.11. The first-order chi connectivity index (χ1) is 7.13. The molecule has 3 nitrogen and oxygen atoms in total. The van der Waals surface area contributed by atoms with Gasteiger partial charge in [0.2, 0.25) is 5.91 Å². The van der Waals surface area contributed by atoms with Gasteiger partial charge in [-0.25, -0.2) is 4.98 Å². The Labute approximate surface area is 94.9 Å². The van der Waals surface area contributed by atoms with Crippen LogP contribution in [0.15, 0.2) is 18.3 Å². The first-order valence-electron chi connectivity index (χ1n) is 5.03. The fourth-order valence-electron chi connectivity index (χ4n) is 1.14. The number of hydrogen-bond donors (Lipinski definition) is 1. The molecule has 1 aromatic heterocycles. The minimum absolute atomic E-state index is 0.0146. The van der Waals surface area contributed by atoms with Gasteiger partial charge >= 0.3 is 0 Å². The van der Waals surface area contributed by atoms with Gasteiger partial charge in [-0.1, -0.05) is 31.9 Å². The fourth-order valence-corrected chi connectivity index (χ4v) is 1.31. The number of aromatic nitrogens is 1. The van der Waals surface area contributed by atoms with Gasteiger partial charge in [-0.15, -0.1) is 0 Å². The van der Waals surface area contributed by atoms with Crippen LogP contribution in [-0.2, 0) is 4.79 Å². The van der Waals surface area contributed by atoms with Gasteiger partial charge in [0.25, 0.3) is 0 Å². The molecule has 1 amide bonds. The third-order valence-electron chi connectivity index (χ3n) is 2.26. The van der Waals surface area contributed by atoms with E-state index in [-0.39, 0.29) is 5.91 Å². The summed E-state index contributed by atoms with van der Waals surface area (Å²) in [4.78, 5) is 15.4. The van der Waals surface area contributed by atoms with E-state index in [2.05, 4.69) is 17.2 Å². The second kappa shape index (κ2) is 5.71. The van der Waals surface area contributed by atoms with E-state index in [1.165, 1.54) is 0 Å². The predicted molar refractivity (Wildman–Crippen MR) is 61.9 cm³/mol. The minimum atomic E-state index is -0.0146. The molecule has 0 aliphatic carbocycles. The molecule has 15 heavy (non-hydrogen) atoms. The summed E-state index contributed by atoms with van der Waals surface area (Å²) < 4.78 is 0. The van der Waals surface area contributed by atoms with E-state index >= 15 is 0 Å². The van der Waals surface area contributed by atoms with Crippen molar-refractivity contribution >= 4 is 23.2 Å². The lowest BCUT2D eigenvalue weighted by atomic mass is 10.1. The molecule has 4 heteroatoms. The first kappa shape index (κ1) is 12.0. The maximum absolute atomic E-state index is 11.5. The molecule has 0 aliphatic rings. The summed E-state index contributed by atoms with van der Waals surface area (Å²) in [6, 6.07) is 3.48. The molecule has 0 fully saturated rings. The minimum Gasteiger partial charge on any atom is -0.323 e. The topological polar surface area (TPSA) is 42.0 Å². The molecule has 0 saturated carbocycles. The average Bonchev–Trinajstić information content (AvgIpc) is 2.21. The van der Waals surface area contributed by atoms with Crippen molar-refractivity contribution < 1.29 is 4.79 Å². The molecular weight excluding hydrogens is 212 g/mol. The Morgan fingerprint density at radius 3 is 3.00 bits per heavy atom. The third-order valence-corrected chi connectivity index (χ3v) is 2.57. The van der Waals surface area contributed by atoms with Crippen molar-refractivity contribution in [3.63, 3.8) is 0 Å². The van der Waals surface area contributed by atoms with Gasteiger partial charge < -0.3 is 5.32 Å². The lowest BCUT2D eigenvalue weighted by molar-refractivity contribution is -0.117. The van der Waals surface area contributed by atoms with Crippen LogP contribution in [0.25, 0.3) is 0 Å². The SMILES string of the molecule is CCC(C)CC(=O)Nc1cccnc1Cl. The molecule has 1 aromatic rings. The van der Waals surface area contributed by atoms with Crippen molar-refractivity contribution in [2.75, 3.05) is 5.32 Å². The van der Waals surface area contributed by atoms with Crippen LogP contribution in [0.3, 0.4) is 0 Å². The fraction of sp³-hybridized carbons (Fsp3) is 0.455. The van der Waals surface area contributed by atoms with Crippen molar-refractivity contribution in [2.45, 2.75) is 26.7 Å². The molecule has 0 bridgehead atoms. The van der Waals surface area contributed by atoms with Gasteiger partial charge in [0.05, 0.1) is 5.69 Å². The van der Waals surface area contributed by atoms with Gasteiger partial charge in [-0.3, -0.25) is 4.79 Å². The summed E-state index contributed by atoms with van der Waals surface area (Å²) in [7, 11) is 0. The van der Waals surface area contributed by atoms with Crippen LogP contribution in [0.4, 0.5) is 5.69 Å². The lowest BCUT2D eigenvalue weighted by Gasteiger charge is -2.09. The molecule has 1 heterocycles. The number of hydrogen-bond acceptors (Lipinski definition) is 2. The standard InChI is InChI=1S/C11H15ClN2O/c1-3-8(2)7-10(15)14-9-5-4-6-13-11(9)12/h4-6,8H,3,7H2,1-2H3,(H,14,15). The Kier molecular flexibility index (Phi) is 4.56. The smallest absolute Gasteiger partial charge is 0.224 e. The average molecular weight is 227 g/mol. The predicted octanol–water partition coefficient (Wildman–Crippen LogP) is 3.11. The molecule has 82 valence electrons. The number of nitrogens with zero attached hydrogens (tertiary/aromatic N) is 1. The Bertz CT molecular complexity index is 341. The normalized spacial score (nSPS) is 12.2. The number of rotatable bonds is 4. The summed E-state index contributed by atoms with van der Waals surface area (Å²) in [5, 5.41) is 3.07. The van der Waals surface area contributed by atoms with E-state index in [9.17, 15) is 4.79 Å². The van der Waals surface area contributed by atoms with Gasteiger partial charge in [0.15, 0.2) is 5.15 Å². The van der Waals surface area contributed by atoms with Crippen LogP contribution in [0.5, 0.6) is 0 Å². The van der Waals surface area contributed by atoms with E-state index in [0.717, 1.165) is 6.42 Å². The van der Waals surface area contributed by atoms with Crippen LogP contribution in [0.1, 0.15) is 26.7 Å². The monoisotopic (exact) mass is 226 g/mol. The van der Waals surface area contributed by atoms with Crippen molar-refractivity contribution in [3.8, 4) is 0 Å². The molecule has 1 N–H and O–H groups in total. The van der Waals surface area contributed by atoms with Crippen LogP contribution < -0.4 is 5.32 Å². The molecule has 0 spiro atoms. The Morgan fingerprint density at radius 2 is 2.40 bits per heavy atom. The van der Waals surface area contributed by atoms with E-state index in [0.29, 0.717) is 23.2 Å². The maximum atomic E-state index is 11.5. The Morgan fingerprint density at radius 1 is 1.67 bits per heavy atom. The number of carbonyl (C=O) groups excluding carboxylic acids is 1. The second-order valence-electron chi connectivity index (χ2n) is 3.61. The molecule has 1 rings (SSSR count). The summed E-state index contributed by atoms with van der Waals surface area (Å²) in [5.74, 6) is 0.375. The quantitative estimate of drug-likeness (QED) is 0.802. The lowest BCUT2D eigenvalue weighted by Crippen LogP contribution is -2.15. The third kappa shape index (κ3) is 3.88. The molecule has 0 aliphatic heterocycles. The summed E-state index contributed by atoms with van der Waals surface area (Å²) in [5.41, 5.74) is 0.576. The molecule has 1 unspecified atom stereocenters. The van der Waals surface area contributed by atoms with Crippen molar-refractivity contribution in [1.29, 1.82) is 0 Å². The van der Waals surface area contributed by atoms with E-state index in [1.54, 1.807) is 18.3 Å². The number of halogens is 1. The van der Waals surface area contributed by atoms with E-state index in [4.69, 9.17) is 11.6 Å². The number of amides is 1. The second-order valence-corrected chi connectivity index (χ2v) is 3.97. The van der Waals surface area contributed by atoms with E-state index < -0.39 is 0 Å². The number of carbonyl (C=O) groups is 1. The van der Waals surface area contributed by atoms with Crippen LogP contribution in [0, 0.1) is 5.92 Å². The van der Waals surface area contributed by atoms with Gasteiger partial charge in [-0.2, -0.15) is 0 Å². The van der Waals surface area contributed by atoms with Gasteiger partial charge in [0.1, 0.15) is 0 Å². The maximum Gasteiger partial charge on any atom is 0.224 e. The summed E-state index contributed by atoms with van der Waals surface area (Å²) >= 11 is 5.81. The van der Waals surface area contributed by atoms with E-state index in [1.807, 2.05) is 6.92 Å². The van der Waals surface area contributed by atoms with Crippen LogP contribution >= 0.6 is 11.6 Å². The van der Waals surface area contributed by atoms with Gasteiger partial charge in [-0.05, 0) is 18.1 Å². The largest absolute Gasteiger partial charge is 0.323 e. The molecule has 0 aromatic carbocycles. The highest BCUT2D eigenvalue weighted by molar-refractivity contribution is 6.32. The molecular formula is C11H15ClN2O. The van der Waals surface area contributed by atoms with Crippen molar-refractivity contribution in [2.24, 2.45) is 5.92 Å². The van der Waals surface area contributed by atoms with Crippen molar-refractivity contribution in [3.05, 3.63) is 23.5 Å². The summed E-state index contributed by atoms with van der Waals surface area (Å²) in [6.07, 6.45) is 3.10. The zero-order valence-electron chi connectivity index (χ0n) is 8.96. The molecule has 0 radical (unpaired) electrons. The Hall–Kier alpha value is -1.09. The highest BCUT2D eigenvalue weighted by Crippen LogP contribution is 2.18. The number of pyridine rings is 1. The Balaban J connectivity index is 2.55. The zero-order valence-corrected chi connectivity index (χ0v) is 9.71. The molecule has 1 atom stereocenters. The van der Waals surface area contributed by atoms with Crippen LogP contribution in [0.2, 0.25) is 5.15 Å². The molecule has 0 saturated heterocycles. The van der Waals surface area contributed by atoms with Crippen molar-refractivity contribution in [1.82, 2.24) is 4.98 Å². The zero-order chi connectivity index (χ0) is 11.3. The first-order valence-corrected chi connectivity index (χ1v) is 5.41. The highest BCUT2D eigenvalue weighted by atomic mass is 35.5.